The number of amides is 2. The monoisotopic (exact) mass is 342 g/mol. The Balaban J connectivity index is 1.85. The number of carbonyl (C=O) groups is 2. The molecule has 0 unspecified atom stereocenters. The molecule has 5 heteroatoms. The largest absolute Gasteiger partial charge is 0.354 e. The van der Waals surface area contributed by atoms with E-state index in [-0.39, 0.29) is 24.2 Å². The maximum Gasteiger partial charge on any atom is 0.224 e. The van der Waals surface area contributed by atoms with Crippen LogP contribution in [0.15, 0.2) is 48.5 Å². The number of aryl methyl sites for hydroxylation is 1. The molecule has 0 bridgehead atoms. The Hall–Kier alpha value is -2.69. The zero-order chi connectivity index (χ0) is 18.2. The predicted molar refractivity (Wildman–Crippen MR) is 95.4 cm³/mol. The van der Waals surface area contributed by atoms with E-state index >= 15 is 0 Å². The SMILES string of the molecule is CC(=O)N(CCNC(=O)Cc1ccccc1C)Cc1ccccc1F. The smallest absolute Gasteiger partial charge is 0.224 e. The lowest BCUT2D eigenvalue weighted by molar-refractivity contribution is -0.130. The van der Waals surface area contributed by atoms with Crippen LogP contribution in [0.5, 0.6) is 0 Å². The molecule has 0 radical (unpaired) electrons. The van der Waals surface area contributed by atoms with Crippen LogP contribution in [0.2, 0.25) is 0 Å². The quantitative estimate of drug-likeness (QED) is 0.841. The molecule has 2 aromatic rings. The van der Waals surface area contributed by atoms with Crippen LogP contribution in [0.25, 0.3) is 0 Å². The highest BCUT2D eigenvalue weighted by Gasteiger charge is 2.12. The maximum absolute atomic E-state index is 13.7. The van der Waals surface area contributed by atoms with Crippen molar-refractivity contribution in [1.29, 1.82) is 0 Å². The molecule has 0 aliphatic carbocycles. The van der Waals surface area contributed by atoms with Gasteiger partial charge in [-0.1, -0.05) is 42.5 Å². The maximum atomic E-state index is 13.7. The minimum Gasteiger partial charge on any atom is -0.354 e. The Morgan fingerprint density at radius 1 is 1.04 bits per heavy atom. The van der Waals surface area contributed by atoms with Crippen molar-refractivity contribution in [3.63, 3.8) is 0 Å². The molecule has 0 aliphatic rings. The van der Waals surface area contributed by atoms with Gasteiger partial charge in [0.1, 0.15) is 5.82 Å². The van der Waals surface area contributed by atoms with Gasteiger partial charge in [0.25, 0.3) is 0 Å². The molecule has 0 spiro atoms. The van der Waals surface area contributed by atoms with Gasteiger partial charge in [-0.05, 0) is 24.1 Å². The van der Waals surface area contributed by atoms with Gasteiger partial charge in [0.05, 0.1) is 6.42 Å². The topological polar surface area (TPSA) is 49.4 Å². The van der Waals surface area contributed by atoms with Crippen molar-refractivity contribution < 1.29 is 14.0 Å². The predicted octanol–water partition coefficient (Wildman–Crippen LogP) is 2.84. The number of nitrogens with zero attached hydrogens (tertiary/aromatic N) is 1. The third-order valence-electron chi connectivity index (χ3n) is 4.08. The molecular formula is C20H23FN2O2. The molecule has 2 amide bonds. The molecule has 0 saturated heterocycles. The van der Waals surface area contributed by atoms with Crippen LogP contribution < -0.4 is 5.32 Å². The summed E-state index contributed by atoms with van der Waals surface area (Å²) in [5.41, 5.74) is 2.52. The minimum atomic E-state index is -0.336. The van der Waals surface area contributed by atoms with Gasteiger partial charge in [0.2, 0.25) is 11.8 Å². The van der Waals surface area contributed by atoms with E-state index in [0.29, 0.717) is 25.1 Å². The van der Waals surface area contributed by atoms with Crippen molar-refractivity contribution in [2.45, 2.75) is 26.8 Å². The Morgan fingerprint density at radius 3 is 2.32 bits per heavy atom. The normalized spacial score (nSPS) is 10.4. The van der Waals surface area contributed by atoms with E-state index in [2.05, 4.69) is 5.32 Å². The van der Waals surface area contributed by atoms with E-state index in [1.54, 1.807) is 18.2 Å². The highest BCUT2D eigenvalue weighted by atomic mass is 19.1. The van der Waals surface area contributed by atoms with Gasteiger partial charge in [-0.15, -0.1) is 0 Å². The van der Waals surface area contributed by atoms with E-state index < -0.39 is 0 Å². The first kappa shape index (κ1) is 18.6. The Morgan fingerprint density at radius 2 is 1.68 bits per heavy atom. The Kier molecular flexibility index (Phi) is 6.69. The van der Waals surface area contributed by atoms with Crippen LogP contribution in [-0.4, -0.2) is 29.8 Å². The second-order valence-electron chi connectivity index (χ2n) is 5.99. The van der Waals surface area contributed by atoms with Crippen LogP contribution in [0.4, 0.5) is 4.39 Å². The molecule has 4 nitrogen and oxygen atoms in total. The molecule has 0 saturated carbocycles. The number of carbonyl (C=O) groups excluding carboxylic acids is 2. The first-order chi connectivity index (χ1) is 12.0. The van der Waals surface area contributed by atoms with Gasteiger partial charge < -0.3 is 10.2 Å². The van der Waals surface area contributed by atoms with Crippen molar-refractivity contribution >= 4 is 11.8 Å². The molecule has 25 heavy (non-hydrogen) atoms. The van der Waals surface area contributed by atoms with Crippen molar-refractivity contribution in [2.24, 2.45) is 0 Å². The summed E-state index contributed by atoms with van der Waals surface area (Å²) < 4.78 is 13.7. The summed E-state index contributed by atoms with van der Waals surface area (Å²) >= 11 is 0. The summed E-state index contributed by atoms with van der Waals surface area (Å²) in [5, 5.41) is 2.82. The lowest BCUT2D eigenvalue weighted by Crippen LogP contribution is -2.37. The van der Waals surface area contributed by atoms with E-state index in [1.807, 2.05) is 31.2 Å². The number of hydrogen-bond acceptors (Lipinski definition) is 2. The highest BCUT2D eigenvalue weighted by molar-refractivity contribution is 5.79. The van der Waals surface area contributed by atoms with E-state index in [1.165, 1.54) is 17.9 Å². The van der Waals surface area contributed by atoms with Crippen molar-refractivity contribution in [2.75, 3.05) is 13.1 Å². The molecule has 0 heterocycles. The van der Waals surface area contributed by atoms with Crippen LogP contribution in [0.1, 0.15) is 23.6 Å². The fourth-order valence-electron chi connectivity index (χ4n) is 2.55. The summed E-state index contributed by atoms with van der Waals surface area (Å²) in [4.78, 5) is 25.3. The third-order valence-corrected chi connectivity index (χ3v) is 4.08. The minimum absolute atomic E-state index is 0.0938. The van der Waals surface area contributed by atoms with E-state index in [4.69, 9.17) is 0 Å². The lowest BCUT2D eigenvalue weighted by Gasteiger charge is -2.21. The first-order valence-corrected chi connectivity index (χ1v) is 8.27. The molecule has 0 fully saturated rings. The van der Waals surface area contributed by atoms with Gasteiger partial charge in [0.15, 0.2) is 0 Å². The fraction of sp³-hybridized carbons (Fsp3) is 0.300. The van der Waals surface area contributed by atoms with Crippen LogP contribution in [0, 0.1) is 12.7 Å². The zero-order valence-electron chi connectivity index (χ0n) is 14.6. The van der Waals surface area contributed by atoms with E-state index in [9.17, 15) is 14.0 Å². The van der Waals surface area contributed by atoms with Crippen molar-refractivity contribution in [3.05, 3.63) is 71.0 Å². The number of hydrogen-bond donors (Lipinski definition) is 1. The molecule has 0 aliphatic heterocycles. The van der Waals surface area contributed by atoms with Gasteiger partial charge in [-0.2, -0.15) is 0 Å². The van der Waals surface area contributed by atoms with Gasteiger partial charge in [-0.3, -0.25) is 9.59 Å². The number of halogens is 1. The summed E-state index contributed by atoms with van der Waals surface area (Å²) in [6.07, 6.45) is 0.306. The average molecular weight is 342 g/mol. The summed E-state index contributed by atoms with van der Waals surface area (Å²) in [7, 11) is 0. The van der Waals surface area contributed by atoms with Crippen LogP contribution in [-0.2, 0) is 22.6 Å². The first-order valence-electron chi connectivity index (χ1n) is 8.27. The second kappa shape index (κ2) is 8.97. The molecule has 0 aromatic heterocycles. The summed E-state index contributed by atoms with van der Waals surface area (Å²) in [5.74, 6) is -0.586. The van der Waals surface area contributed by atoms with Gasteiger partial charge in [-0.25, -0.2) is 4.39 Å². The number of benzene rings is 2. The standard InChI is InChI=1S/C20H23FN2O2/c1-15-7-3-4-8-17(15)13-20(25)22-11-12-23(16(2)24)14-18-9-5-6-10-19(18)21/h3-10H,11-14H2,1-2H3,(H,22,25). The third kappa shape index (κ3) is 5.71. The summed E-state index contributed by atoms with van der Waals surface area (Å²) in [6.45, 7) is 4.27. The summed E-state index contributed by atoms with van der Waals surface area (Å²) in [6, 6.07) is 14.1. The van der Waals surface area contributed by atoms with Gasteiger partial charge in [0, 0.05) is 32.1 Å². The molecular weight excluding hydrogens is 319 g/mol. The zero-order valence-corrected chi connectivity index (χ0v) is 14.6. The molecule has 2 aromatic carbocycles. The average Bonchev–Trinajstić information content (AvgIpc) is 2.57. The fourth-order valence-corrected chi connectivity index (χ4v) is 2.55. The molecule has 1 N–H and O–H groups in total. The van der Waals surface area contributed by atoms with Crippen molar-refractivity contribution in [3.8, 4) is 0 Å². The van der Waals surface area contributed by atoms with Crippen molar-refractivity contribution in [1.82, 2.24) is 10.2 Å². The van der Waals surface area contributed by atoms with Crippen LogP contribution >= 0.6 is 0 Å². The Bertz CT molecular complexity index is 746. The number of rotatable bonds is 7. The Labute approximate surface area is 147 Å². The van der Waals surface area contributed by atoms with Crippen LogP contribution in [0.3, 0.4) is 0 Å². The number of nitrogens with one attached hydrogen (secondary N) is 1. The lowest BCUT2D eigenvalue weighted by atomic mass is 10.1. The molecule has 0 atom stereocenters. The molecule has 132 valence electrons. The molecule has 2 rings (SSSR count). The van der Waals surface area contributed by atoms with E-state index in [0.717, 1.165) is 11.1 Å². The highest BCUT2D eigenvalue weighted by Crippen LogP contribution is 2.10. The van der Waals surface area contributed by atoms with Gasteiger partial charge >= 0.3 is 0 Å². The second-order valence-corrected chi connectivity index (χ2v) is 5.99.